The highest BCUT2D eigenvalue weighted by Crippen LogP contribution is 2.23. The highest BCUT2D eigenvalue weighted by Gasteiger charge is 2.21. The Labute approximate surface area is 201 Å². The van der Waals surface area contributed by atoms with Gasteiger partial charge in [-0.15, -0.1) is 0 Å². The summed E-state index contributed by atoms with van der Waals surface area (Å²) in [6, 6.07) is 16.7. The molecule has 0 aliphatic carbocycles. The molecule has 1 fully saturated rings. The molecule has 2 heterocycles. The molecule has 1 aliphatic rings. The largest absolute Gasteiger partial charge is 0.347 e. The van der Waals surface area contributed by atoms with Gasteiger partial charge in [0.1, 0.15) is 0 Å². The highest BCUT2D eigenvalue weighted by molar-refractivity contribution is 7.99. The van der Waals surface area contributed by atoms with Crippen LogP contribution in [0.4, 0.5) is 0 Å². The molecule has 1 amide bonds. The van der Waals surface area contributed by atoms with Crippen molar-refractivity contribution >= 4 is 17.7 Å². The third-order valence-electron chi connectivity index (χ3n) is 6.00. The first-order chi connectivity index (χ1) is 16.0. The van der Waals surface area contributed by atoms with Crippen molar-refractivity contribution in [3.63, 3.8) is 0 Å². The van der Waals surface area contributed by atoms with Crippen LogP contribution in [0.1, 0.15) is 22.7 Å². The number of likely N-dealkylation sites (N-methyl/N-ethyl adjacent to an activating group) is 1. The molecule has 0 bridgehead atoms. The summed E-state index contributed by atoms with van der Waals surface area (Å²) in [7, 11) is 2.16. The average Bonchev–Trinajstić information content (AvgIpc) is 3.27. The number of imidazole rings is 1. The summed E-state index contributed by atoms with van der Waals surface area (Å²) in [6.07, 6.45) is 3.74. The maximum absolute atomic E-state index is 13.0. The number of aryl methyl sites for hydroxylation is 2. The third-order valence-corrected chi connectivity index (χ3v) is 6.96. The third kappa shape index (κ3) is 6.47. The van der Waals surface area contributed by atoms with Crippen LogP contribution in [0.25, 0.3) is 5.69 Å². The summed E-state index contributed by atoms with van der Waals surface area (Å²) >= 11 is 1.47. The van der Waals surface area contributed by atoms with Gasteiger partial charge >= 0.3 is 0 Å². The number of carbonyl (C=O) groups is 1. The van der Waals surface area contributed by atoms with Crippen molar-refractivity contribution in [2.75, 3.05) is 45.5 Å². The van der Waals surface area contributed by atoms with Crippen molar-refractivity contribution in [2.45, 2.75) is 25.0 Å². The van der Waals surface area contributed by atoms with E-state index >= 15 is 0 Å². The van der Waals surface area contributed by atoms with E-state index in [2.05, 4.69) is 75.9 Å². The zero-order chi connectivity index (χ0) is 23.2. The number of piperazine rings is 1. The molecule has 0 saturated carbocycles. The fourth-order valence-corrected chi connectivity index (χ4v) is 5.04. The first-order valence-corrected chi connectivity index (χ1v) is 12.5. The minimum absolute atomic E-state index is 0.0259. The van der Waals surface area contributed by atoms with E-state index in [9.17, 15) is 4.79 Å². The number of carbonyl (C=O) groups excluding carboxylic acids is 1. The lowest BCUT2D eigenvalue weighted by atomic mass is 10.1. The zero-order valence-electron chi connectivity index (χ0n) is 19.7. The predicted octanol–water partition coefficient (Wildman–Crippen LogP) is 3.69. The van der Waals surface area contributed by atoms with Crippen molar-refractivity contribution < 1.29 is 4.79 Å². The number of aromatic nitrogens is 2. The fraction of sp³-hybridized carbons (Fsp3) is 0.385. The van der Waals surface area contributed by atoms with Crippen molar-refractivity contribution in [1.82, 2.24) is 24.7 Å². The number of rotatable bonds is 8. The molecule has 1 atom stereocenters. The van der Waals surface area contributed by atoms with Crippen molar-refractivity contribution in [3.8, 4) is 5.69 Å². The van der Waals surface area contributed by atoms with Gasteiger partial charge in [-0.2, -0.15) is 0 Å². The van der Waals surface area contributed by atoms with Gasteiger partial charge in [0.05, 0.1) is 11.8 Å². The molecule has 174 valence electrons. The fourth-order valence-electron chi connectivity index (χ4n) is 4.26. The molecule has 1 N–H and O–H groups in total. The molecule has 6 nitrogen and oxygen atoms in total. The molecular formula is C26H33N5OS. The second-order valence-electron chi connectivity index (χ2n) is 8.85. The Morgan fingerprint density at radius 3 is 2.45 bits per heavy atom. The summed E-state index contributed by atoms with van der Waals surface area (Å²) in [5.74, 6) is 0.353. The predicted molar refractivity (Wildman–Crippen MR) is 135 cm³/mol. The Morgan fingerprint density at radius 2 is 1.76 bits per heavy atom. The molecule has 0 radical (unpaired) electrons. The van der Waals surface area contributed by atoms with Crippen LogP contribution < -0.4 is 5.32 Å². The van der Waals surface area contributed by atoms with Crippen LogP contribution in [0.2, 0.25) is 0 Å². The van der Waals surface area contributed by atoms with Gasteiger partial charge in [-0.05, 0) is 49.7 Å². The topological polar surface area (TPSA) is 53.4 Å². The summed E-state index contributed by atoms with van der Waals surface area (Å²) in [5, 5.41) is 4.10. The zero-order valence-corrected chi connectivity index (χ0v) is 20.5. The Kier molecular flexibility index (Phi) is 7.85. The van der Waals surface area contributed by atoms with Gasteiger partial charge in [0.15, 0.2) is 5.16 Å². The highest BCUT2D eigenvalue weighted by atomic mass is 32.2. The monoisotopic (exact) mass is 463 g/mol. The lowest BCUT2D eigenvalue weighted by Crippen LogP contribution is -2.48. The molecule has 1 unspecified atom stereocenters. The molecule has 1 aromatic heterocycles. The molecular weight excluding hydrogens is 430 g/mol. The van der Waals surface area contributed by atoms with E-state index in [1.54, 1.807) is 6.20 Å². The minimum Gasteiger partial charge on any atom is -0.347 e. The average molecular weight is 464 g/mol. The summed E-state index contributed by atoms with van der Waals surface area (Å²) in [6.45, 7) is 9.19. The lowest BCUT2D eigenvalue weighted by Gasteiger charge is -2.35. The van der Waals surface area contributed by atoms with Crippen LogP contribution in [-0.4, -0.2) is 70.8 Å². The van der Waals surface area contributed by atoms with Crippen LogP contribution in [0.15, 0.2) is 66.1 Å². The molecule has 3 aromatic rings. The van der Waals surface area contributed by atoms with Crippen LogP contribution in [0, 0.1) is 13.8 Å². The maximum atomic E-state index is 13.0. The van der Waals surface area contributed by atoms with E-state index in [0.717, 1.165) is 49.1 Å². The smallest absolute Gasteiger partial charge is 0.231 e. The number of nitrogens with zero attached hydrogens (tertiary/aromatic N) is 4. The first-order valence-electron chi connectivity index (χ1n) is 11.5. The molecule has 1 saturated heterocycles. The molecule has 33 heavy (non-hydrogen) atoms. The van der Waals surface area contributed by atoms with Crippen LogP contribution in [-0.2, 0) is 4.79 Å². The summed E-state index contributed by atoms with van der Waals surface area (Å²) < 4.78 is 2.05. The Hall–Kier alpha value is -2.61. The first kappa shape index (κ1) is 23.5. The van der Waals surface area contributed by atoms with Crippen LogP contribution in [0.3, 0.4) is 0 Å². The summed E-state index contributed by atoms with van der Waals surface area (Å²) in [4.78, 5) is 22.3. The molecule has 7 heteroatoms. The maximum Gasteiger partial charge on any atom is 0.231 e. The number of thioether (sulfide) groups is 1. The van der Waals surface area contributed by atoms with E-state index in [-0.39, 0.29) is 11.9 Å². The van der Waals surface area contributed by atoms with Gasteiger partial charge in [0.25, 0.3) is 0 Å². The van der Waals surface area contributed by atoms with Crippen molar-refractivity contribution in [3.05, 3.63) is 77.6 Å². The number of amides is 1. The quantitative estimate of drug-likeness (QED) is 0.517. The minimum atomic E-state index is -0.0260. The lowest BCUT2D eigenvalue weighted by molar-refractivity contribution is -0.119. The Bertz CT molecular complexity index is 1040. The van der Waals surface area contributed by atoms with Gasteiger partial charge in [-0.25, -0.2) is 4.98 Å². The van der Waals surface area contributed by atoms with E-state index < -0.39 is 0 Å². The summed E-state index contributed by atoms with van der Waals surface area (Å²) in [5.41, 5.74) is 4.64. The van der Waals surface area contributed by atoms with Crippen molar-refractivity contribution in [2.24, 2.45) is 0 Å². The Balaban J connectivity index is 1.40. The van der Waals surface area contributed by atoms with Gasteiger partial charge in [0, 0.05) is 50.8 Å². The van der Waals surface area contributed by atoms with Crippen molar-refractivity contribution in [1.29, 1.82) is 0 Å². The van der Waals surface area contributed by atoms with Gasteiger partial charge in [0.2, 0.25) is 5.91 Å². The normalized spacial score (nSPS) is 16.0. The van der Waals surface area contributed by atoms with Crippen LogP contribution in [0.5, 0.6) is 0 Å². The molecule has 4 rings (SSSR count). The van der Waals surface area contributed by atoms with E-state index in [0.29, 0.717) is 5.75 Å². The molecule has 1 aliphatic heterocycles. The molecule has 0 spiro atoms. The van der Waals surface area contributed by atoms with Crippen LogP contribution >= 0.6 is 11.8 Å². The van der Waals surface area contributed by atoms with Gasteiger partial charge in [-0.1, -0.05) is 48.2 Å². The second-order valence-corrected chi connectivity index (χ2v) is 9.79. The van der Waals surface area contributed by atoms with Gasteiger partial charge < -0.3 is 10.2 Å². The standard InChI is InChI=1S/C26H33N5OS/c1-20-15-21(2)17-23(16-20)31-10-9-27-26(31)33-19-25(32)28-24(22-7-5-4-6-8-22)18-30-13-11-29(3)12-14-30/h4-10,15-17,24H,11-14,18-19H2,1-3H3,(H,28,32). The molecule has 2 aromatic carbocycles. The van der Waals surface area contributed by atoms with E-state index in [1.807, 2.05) is 24.4 Å². The van der Waals surface area contributed by atoms with Gasteiger partial charge in [-0.3, -0.25) is 14.3 Å². The Morgan fingerprint density at radius 1 is 1.06 bits per heavy atom. The number of hydrogen-bond acceptors (Lipinski definition) is 5. The SMILES string of the molecule is Cc1cc(C)cc(-n2ccnc2SCC(=O)NC(CN2CCN(C)CC2)c2ccccc2)c1. The number of hydrogen-bond donors (Lipinski definition) is 1. The number of benzene rings is 2. The number of nitrogens with one attached hydrogen (secondary N) is 1. The van der Waals surface area contributed by atoms with E-state index in [1.165, 1.54) is 22.9 Å². The second kappa shape index (κ2) is 11.0. The van der Waals surface area contributed by atoms with E-state index in [4.69, 9.17) is 0 Å².